The van der Waals surface area contributed by atoms with Crippen molar-refractivity contribution in [1.29, 1.82) is 5.41 Å². The lowest BCUT2D eigenvalue weighted by molar-refractivity contribution is 0.157. The lowest BCUT2D eigenvalue weighted by Gasteiger charge is -2.34. The molecule has 0 unspecified atom stereocenters. The first kappa shape index (κ1) is 27.2. The number of nitrogens with zero attached hydrogens (tertiary/aromatic N) is 5. The van der Waals surface area contributed by atoms with E-state index in [-0.39, 0.29) is 0 Å². The van der Waals surface area contributed by atoms with Crippen molar-refractivity contribution in [2.24, 2.45) is 0 Å². The van der Waals surface area contributed by atoms with E-state index in [1.807, 2.05) is 44.4 Å². The number of nitrogens with one attached hydrogen (secondary N) is 4. The zero-order valence-electron chi connectivity index (χ0n) is 23.0. The monoisotopic (exact) mass is 517 g/mol. The van der Waals surface area contributed by atoms with Crippen molar-refractivity contribution in [3.05, 3.63) is 48.2 Å². The van der Waals surface area contributed by atoms with Gasteiger partial charge in [0.1, 0.15) is 5.75 Å². The Hall–Kier alpha value is -3.89. The molecule has 0 bridgehead atoms. The molecular formula is C28H39N9O. The quantitative estimate of drug-likeness (QED) is 0.284. The zero-order chi connectivity index (χ0) is 27.1. The highest BCUT2D eigenvalue weighted by Crippen LogP contribution is 2.37. The number of benzene rings is 2. The summed E-state index contributed by atoms with van der Waals surface area (Å²) in [6.45, 7) is 6.39. The van der Waals surface area contributed by atoms with Crippen LogP contribution in [0, 0.1) is 5.41 Å². The van der Waals surface area contributed by atoms with Crippen LogP contribution in [0.2, 0.25) is 0 Å². The van der Waals surface area contributed by atoms with Crippen LogP contribution in [0.3, 0.4) is 0 Å². The third-order valence-electron chi connectivity index (χ3n) is 7.02. The molecule has 0 atom stereocenters. The molecule has 4 N–H and O–H groups in total. The highest BCUT2D eigenvalue weighted by Gasteiger charge is 2.17. The Morgan fingerprint density at radius 1 is 1.03 bits per heavy atom. The lowest BCUT2D eigenvalue weighted by Crippen LogP contribution is -2.46. The molecular weight excluding hydrogens is 478 g/mol. The molecule has 1 aliphatic heterocycles. The van der Waals surface area contributed by atoms with Crippen molar-refractivity contribution in [2.75, 3.05) is 95.4 Å². The van der Waals surface area contributed by atoms with Gasteiger partial charge in [-0.1, -0.05) is 6.07 Å². The third kappa shape index (κ3) is 6.32. The van der Waals surface area contributed by atoms with Gasteiger partial charge in [0.15, 0.2) is 0 Å². The summed E-state index contributed by atoms with van der Waals surface area (Å²) in [5.74, 6) is 1.18. The molecule has 4 rings (SSSR count). The molecule has 2 heterocycles. The van der Waals surface area contributed by atoms with Crippen molar-refractivity contribution in [3.63, 3.8) is 0 Å². The summed E-state index contributed by atoms with van der Waals surface area (Å²) in [7, 11) is 9.75. The third-order valence-corrected chi connectivity index (χ3v) is 7.02. The molecule has 202 valence electrons. The molecule has 1 aromatic heterocycles. The van der Waals surface area contributed by atoms with Gasteiger partial charge in [0.05, 0.1) is 29.9 Å². The number of rotatable bonds is 11. The van der Waals surface area contributed by atoms with E-state index in [0.29, 0.717) is 11.7 Å². The van der Waals surface area contributed by atoms with Gasteiger partial charge in [-0.2, -0.15) is 0 Å². The van der Waals surface area contributed by atoms with Crippen LogP contribution in [0.15, 0.2) is 42.6 Å². The Bertz CT molecular complexity index is 1240. The largest absolute Gasteiger partial charge is 0.494 e. The second kappa shape index (κ2) is 12.6. The van der Waals surface area contributed by atoms with E-state index in [4.69, 9.17) is 15.1 Å². The molecule has 10 heteroatoms. The van der Waals surface area contributed by atoms with Crippen molar-refractivity contribution < 1.29 is 4.74 Å². The Labute approximate surface area is 225 Å². The topological polar surface area (TPSA) is 105 Å². The lowest BCUT2D eigenvalue weighted by atomic mass is 10.1. The summed E-state index contributed by atoms with van der Waals surface area (Å²) in [6.07, 6.45) is 3.07. The van der Waals surface area contributed by atoms with Gasteiger partial charge in [-0.15, -0.1) is 0 Å². The molecule has 3 aromatic rings. The maximum atomic E-state index is 7.72. The van der Waals surface area contributed by atoms with Crippen LogP contribution in [-0.4, -0.2) is 101 Å². The van der Waals surface area contributed by atoms with Crippen LogP contribution < -0.4 is 25.6 Å². The van der Waals surface area contributed by atoms with E-state index in [1.54, 1.807) is 13.3 Å². The molecule has 1 fully saturated rings. The minimum atomic E-state index is 0.466. The number of methoxy groups -OCH3 is 1. The molecule has 1 saturated heterocycles. The van der Waals surface area contributed by atoms with Gasteiger partial charge in [0.2, 0.25) is 5.95 Å². The molecule has 0 amide bonds. The van der Waals surface area contributed by atoms with Gasteiger partial charge < -0.3 is 35.9 Å². The average molecular weight is 518 g/mol. The molecule has 10 nitrogen and oxygen atoms in total. The highest BCUT2D eigenvalue weighted by molar-refractivity contribution is 5.88. The number of aromatic nitrogens is 2. The van der Waals surface area contributed by atoms with Gasteiger partial charge in [-0.25, -0.2) is 9.97 Å². The highest BCUT2D eigenvalue weighted by atomic mass is 16.5. The normalized spacial score (nSPS) is 14.1. The minimum absolute atomic E-state index is 0.466. The van der Waals surface area contributed by atoms with E-state index < -0.39 is 0 Å². The number of ether oxygens (including phenoxy) is 1. The molecule has 2 aromatic carbocycles. The van der Waals surface area contributed by atoms with Crippen LogP contribution in [0.25, 0.3) is 11.3 Å². The summed E-state index contributed by atoms with van der Waals surface area (Å²) >= 11 is 0. The van der Waals surface area contributed by atoms with Crippen molar-refractivity contribution >= 4 is 34.9 Å². The van der Waals surface area contributed by atoms with Crippen LogP contribution in [-0.2, 0) is 0 Å². The molecule has 38 heavy (non-hydrogen) atoms. The van der Waals surface area contributed by atoms with Gasteiger partial charge in [-0.05, 0) is 31.3 Å². The Morgan fingerprint density at radius 3 is 2.47 bits per heavy atom. The first-order valence-electron chi connectivity index (χ1n) is 12.9. The number of anilines is 5. The van der Waals surface area contributed by atoms with Gasteiger partial charge >= 0.3 is 0 Å². The predicted octanol–water partition coefficient (Wildman–Crippen LogP) is 3.66. The average Bonchev–Trinajstić information content (AvgIpc) is 2.96. The van der Waals surface area contributed by atoms with Gasteiger partial charge in [-0.3, -0.25) is 4.90 Å². The second-order valence-corrected chi connectivity index (χ2v) is 9.47. The van der Waals surface area contributed by atoms with E-state index in [9.17, 15) is 0 Å². The van der Waals surface area contributed by atoms with Crippen LogP contribution in [0.1, 0.15) is 5.56 Å². The first-order valence-corrected chi connectivity index (χ1v) is 12.9. The SMILES string of the molecule is CNc1ccc(-c2ccnc(Nc3cc(NC)c(N(C)CCN4CCN(C)CC4)cc3OC)n2)cc1C=N. The van der Waals surface area contributed by atoms with E-state index in [0.717, 1.165) is 78.8 Å². The Balaban J connectivity index is 1.53. The van der Waals surface area contributed by atoms with E-state index in [1.165, 1.54) is 6.21 Å². The van der Waals surface area contributed by atoms with E-state index in [2.05, 4.69) is 55.8 Å². The maximum Gasteiger partial charge on any atom is 0.227 e. The van der Waals surface area contributed by atoms with Crippen molar-refractivity contribution in [1.82, 2.24) is 19.8 Å². The van der Waals surface area contributed by atoms with Gasteiger partial charge in [0.25, 0.3) is 0 Å². The van der Waals surface area contributed by atoms with E-state index >= 15 is 0 Å². The van der Waals surface area contributed by atoms with Gasteiger partial charge in [0, 0.05) is 95.7 Å². The Kier molecular flexibility index (Phi) is 8.98. The summed E-state index contributed by atoms with van der Waals surface area (Å²) in [6, 6.07) is 11.8. The van der Waals surface area contributed by atoms with Crippen molar-refractivity contribution in [3.8, 4) is 17.0 Å². The fraction of sp³-hybridized carbons (Fsp3) is 0.393. The second-order valence-electron chi connectivity index (χ2n) is 9.47. The number of hydrogen-bond donors (Lipinski definition) is 4. The van der Waals surface area contributed by atoms with Crippen LogP contribution in [0.4, 0.5) is 28.7 Å². The number of piperazine rings is 1. The van der Waals surface area contributed by atoms with Crippen LogP contribution >= 0.6 is 0 Å². The first-order chi connectivity index (χ1) is 18.4. The summed E-state index contributed by atoms with van der Waals surface area (Å²) in [5.41, 5.74) is 6.20. The molecule has 0 saturated carbocycles. The smallest absolute Gasteiger partial charge is 0.227 e. The molecule has 0 spiro atoms. The minimum Gasteiger partial charge on any atom is -0.494 e. The van der Waals surface area contributed by atoms with Crippen molar-refractivity contribution in [2.45, 2.75) is 0 Å². The molecule has 0 radical (unpaired) electrons. The molecule has 1 aliphatic rings. The summed E-state index contributed by atoms with van der Waals surface area (Å²) < 4.78 is 5.76. The molecule has 0 aliphatic carbocycles. The summed E-state index contributed by atoms with van der Waals surface area (Å²) in [5, 5.41) is 17.5. The Morgan fingerprint density at radius 2 is 1.79 bits per heavy atom. The fourth-order valence-electron chi connectivity index (χ4n) is 4.60. The fourth-order valence-corrected chi connectivity index (χ4v) is 4.60. The number of hydrogen-bond acceptors (Lipinski definition) is 10. The van der Waals surface area contributed by atoms with Crippen LogP contribution in [0.5, 0.6) is 5.75 Å². The number of likely N-dealkylation sites (N-methyl/N-ethyl adjacent to an activating group) is 2. The predicted molar refractivity (Wildman–Crippen MR) is 158 cm³/mol. The summed E-state index contributed by atoms with van der Waals surface area (Å²) in [4.78, 5) is 16.3. The zero-order valence-corrected chi connectivity index (χ0v) is 23.0. The standard InChI is InChI=1S/C28H39N9O/c1-30-22-7-6-20(16-21(22)19-29)23-8-9-32-28(33-23)34-25-17-24(31-2)26(18-27(25)38-5)36(4)12-15-37-13-10-35(3)11-14-37/h6-9,16-19,29-31H,10-15H2,1-5H3,(H,32,33,34). The maximum absolute atomic E-state index is 7.72.